The van der Waals surface area contributed by atoms with Gasteiger partial charge in [0.2, 0.25) is 0 Å². The molecule has 0 saturated heterocycles. The first kappa shape index (κ1) is 18.2. The van der Waals surface area contributed by atoms with Crippen molar-refractivity contribution in [1.82, 2.24) is 15.0 Å². The van der Waals surface area contributed by atoms with Crippen LogP contribution < -0.4 is 4.74 Å². The minimum Gasteiger partial charge on any atom is -0.497 e. The second kappa shape index (κ2) is 7.42. The Balaban J connectivity index is 1.88. The maximum absolute atomic E-state index is 5.39. The molecule has 4 rings (SSSR count). The minimum atomic E-state index is 0.354. The predicted octanol–water partition coefficient (Wildman–Crippen LogP) is 4.94. The van der Waals surface area contributed by atoms with Crippen LogP contribution in [0.25, 0.3) is 31.8 Å². The molecule has 0 aliphatic carbocycles. The van der Waals surface area contributed by atoms with Gasteiger partial charge in [-0.25, -0.2) is 9.97 Å². The predicted molar refractivity (Wildman–Crippen MR) is 113 cm³/mol. The third kappa shape index (κ3) is 3.50. The zero-order chi connectivity index (χ0) is 19.0. The SMILES string of the molecule is COc1cc(C)c2nc(-c3cc(C)cc4nc(COCS)cnc34)sc2c1. The van der Waals surface area contributed by atoms with Crippen molar-refractivity contribution in [3.8, 4) is 16.3 Å². The molecular weight excluding hydrogens is 378 g/mol. The van der Waals surface area contributed by atoms with E-state index in [4.69, 9.17) is 19.4 Å². The van der Waals surface area contributed by atoms with Crippen molar-refractivity contribution in [2.75, 3.05) is 13.0 Å². The summed E-state index contributed by atoms with van der Waals surface area (Å²) in [6.45, 7) is 4.51. The van der Waals surface area contributed by atoms with E-state index in [1.807, 2.05) is 18.2 Å². The van der Waals surface area contributed by atoms with Crippen molar-refractivity contribution in [3.05, 3.63) is 47.3 Å². The zero-order valence-corrected chi connectivity index (χ0v) is 17.0. The van der Waals surface area contributed by atoms with Gasteiger partial charge in [-0.05, 0) is 49.2 Å². The Morgan fingerprint density at radius 3 is 2.70 bits per heavy atom. The Kier molecular flexibility index (Phi) is 4.99. The van der Waals surface area contributed by atoms with E-state index in [1.165, 1.54) is 0 Å². The normalized spacial score (nSPS) is 11.4. The fourth-order valence-electron chi connectivity index (χ4n) is 3.08. The number of fused-ring (bicyclic) bond motifs is 2. The van der Waals surface area contributed by atoms with Crippen LogP contribution in [0.5, 0.6) is 5.75 Å². The Labute approximate surface area is 166 Å². The van der Waals surface area contributed by atoms with Crippen molar-refractivity contribution in [1.29, 1.82) is 0 Å². The second-order valence-corrected chi connectivity index (χ2v) is 7.62. The van der Waals surface area contributed by atoms with Gasteiger partial charge in [-0.15, -0.1) is 11.3 Å². The highest BCUT2D eigenvalue weighted by Gasteiger charge is 2.15. The Morgan fingerprint density at radius 2 is 1.93 bits per heavy atom. The van der Waals surface area contributed by atoms with E-state index in [0.717, 1.165) is 54.4 Å². The largest absolute Gasteiger partial charge is 0.497 e. The number of aromatic nitrogens is 3. The van der Waals surface area contributed by atoms with Gasteiger partial charge in [-0.3, -0.25) is 4.98 Å². The fourth-order valence-corrected chi connectivity index (χ4v) is 4.26. The molecule has 2 heterocycles. The number of hydrogen-bond acceptors (Lipinski definition) is 7. The molecule has 0 aliphatic rings. The standard InChI is InChI=1S/C20H19N3O2S2/c1-11-4-15(19-16(5-11)22-13(8-21-19)9-25-10-26)20-23-18-12(2)6-14(24-3)7-17(18)27-20/h4-8,26H,9-10H2,1-3H3. The van der Waals surface area contributed by atoms with Gasteiger partial charge in [-0.1, -0.05) is 0 Å². The maximum atomic E-state index is 5.39. The molecular formula is C20H19N3O2S2. The molecule has 0 spiro atoms. The van der Waals surface area contributed by atoms with E-state index in [-0.39, 0.29) is 0 Å². The monoisotopic (exact) mass is 397 g/mol. The van der Waals surface area contributed by atoms with Crippen LogP contribution in [0.15, 0.2) is 30.5 Å². The summed E-state index contributed by atoms with van der Waals surface area (Å²) in [5, 5.41) is 0.934. The van der Waals surface area contributed by atoms with Crippen LogP contribution in [0.2, 0.25) is 0 Å². The number of hydrogen-bond donors (Lipinski definition) is 1. The van der Waals surface area contributed by atoms with Crippen molar-refractivity contribution in [3.63, 3.8) is 0 Å². The highest BCUT2D eigenvalue weighted by Crippen LogP contribution is 2.37. The maximum Gasteiger partial charge on any atom is 0.126 e. The Hall–Kier alpha value is -2.22. The van der Waals surface area contributed by atoms with Gasteiger partial charge in [0.15, 0.2) is 0 Å². The van der Waals surface area contributed by atoms with E-state index in [1.54, 1.807) is 24.6 Å². The number of thiazole rings is 1. The summed E-state index contributed by atoms with van der Waals surface area (Å²) in [5.74, 6) is 1.20. The number of ether oxygens (including phenoxy) is 2. The van der Waals surface area contributed by atoms with E-state index in [2.05, 4.69) is 37.5 Å². The van der Waals surface area contributed by atoms with Gasteiger partial charge in [0.1, 0.15) is 10.8 Å². The quantitative estimate of drug-likeness (QED) is 0.382. The molecule has 0 unspecified atom stereocenters. The van der Waals surface area contributed by atoms with Crippen LogP contribution in [0.3, 0.4) is 0 Å². The lowest BCUT2D eigenvalue weighted by molar-refractivity contribution is 0.167. The van der Waals surface area contributed by atoms with Gasteiger partial charge in [0, 0.05) is 5.56 Å². The average Bonchev–Trinajstić information content (AvgIpc) is 3.09. The van der Waals surface area contributed by atoms with Crippen LogP contribution >= 0.6 is 24.0 Å². The lowest BCUT2D eigenvalue weighted by Crippen LogP contribution is -1.98. The third-order valence-electron chi connectivity index (χ3n) is 4.31. The van der Waals surface area contributed by atoms with Gasteiger partial charge >= 0.3 is 0 Å². The van der Waals surface area contributed by atoms with Crippen molar-refractivity contribution in [2.24, 2.45) is 0 Å². The van der Waals surface area contributed by atoms with E-state index in [9.17, 15) is 0 Å². The van der Waals surface area contributed by atoms with Crippen LogP contribution in [0.1, 0.15) is 16.8 Å². The molecule has 0 saturated carbocycles. The van der Waals surface area contributed by atoms with Crippen LogP contribution in [-0.2, 0) is 11.3 Å². The summed E-state index contributed by atoms with van der Waals surface area (Å²) in [6.07, 6.45) is 1.76. The average molecular weight is 398 g/mol. The molecule has 0 atom stereocenters. The lowest BCUT2D eigenvalue weighted by atomic mass is 10.1. The van der Waals surface area contributed by atoms with E-state index < -0.39 is 0 Å². The first-order valence-corrected chi connectivity index (χ1v) is 9.94. The number of thiol groups is 1. The summed E-state index contributed by atoms with van der Waals surface area (Å²) in [5.41, 5.74) is 6.69. The first-order valence-electron chi connectivity index (χ1n) is 8.49. The second-order valence-electron chi connectivity index (χ2n) is 6.33. The molecule has 0 N–H and O–H groups in total. The van der Waals surface area contributed by atoms with E-state index in [0.29, 0.717) is 12.5 Å². The smallest absolute Gasteiger partial charge is 0.126 e. The van der Waals surface area contributed by atoms with Crippen LogP contribution in [-0.4, -0.2) is 28.0 Å². The number of nitrogens with zero attached hydrogens (tertiary/aromatic N) is 3. The van der Waals surface area contributed by atoms with Crippen molar-refractivity contribution in [2.45, 2.75) is 20.5 Å². The molecule has 4 aromatic rings. The number of benzene rings is 2. The summed E-state index contributed by atoms with van der Waals surface area (Å²) in [7, 11) is 1.68. The van der Waals surface area contributed by atoms with E-state index >= 15 is 0 Å². The molecule has 7 heteroatoms. The Morgan fingerprint density at radius 1 is 1.07 bits per heavy atom. The van der Waals surface area contributed by atoms with Gasteiger partial charge in [0.25, 0.3) is 0 Å². The van der Waals surface area contributed by atoms with Gasteiger partial charge < -0.3 is 9.47 Å². The van der Waals surface area contributed by atoms with Gasteiger partial charge in [-0.2, -0.15) is 12.6 Å². The fraction of sp³-hybridized carbons (Fsp3) is 0.250. The molecule has 0 bridgehead atoms. The van der Waals surface area contributed by atoms with Crippen molar-refractivity contribution >= 4 is 45.2 Å². The van der Waals surface area contributed by atoms with Crippen LogP contribution in [0, 0.1) is 13.8 Å². The number of aryl methyl sites for hydroxylation is 2. The Bertz CT molecular complexity index is 1140. The molecule has 0 aliphatic heterocycles. The lowest BCUT2D eigenvalue weighted by Gasteiger charge is -2.07. The molecule has 0 fully saturated rings. The van der Waals surface area contributed by atoms with Gasteiger partial charge in [0.05, 0.1) is 52.8 Å². The molecule has 27 heavy (non-hydrogen) atoms. The molecule has 2 aromatic heterocycles. The highest BCUT2D eigenvalue weighted by molar-refractivity contribution is 7.80. The third-order valence-corrected chi connectivity index (χ3v) is 5.53. The van der Waals surface area contributed by atoms with Crippen molar-refractivity contribution < 1.29 is 9.47 Å². The summed E-state index contributed by atoms with van der Waals surface area (Å²) in [6, 6.07) is 8.19. The molecule has 0 radical (unpaired) electrons. The first-order chi connectivity index (χ1) is 13.1. The minimum absolute atomic E-state index is 0.354. The summed E-state index contributed by atoms with van der Waals surface area (Å²) < 4.78 is 11.8. The molecule has 2 aromatic carbocycles. The number of methoxy groups -OCH3 is 1. The molecule has 5 nitrogen and oxygen atoms in total. The topological polar surface area (TPSA) is 57.1 Å². The number of rotatable bonds is 5. The molecule has 138 valence electrons. The zero-order valence-electron chi connectivity index (χ0n) is 15.3. The molecule has 0 amide bonds. The summed E-state index contributed by atoms with van der Waals surface area (Å²) >= 11 is 5.71. The van der Waals surface area contributed by atoms with Crippen LogP contribution in [0.4, 0.5) is 0 Å². The highest BCUT2D eigenvalue weighted by atomic mass is 32.1. The summed E-state index contributed by atoms with van der Waals surface area (Å²) in [4.78, 5) is 14.2.